The van der Waals surface area contributed by atoms with Crippen molar-refractivity contribution >= 4 is 28.4 Å². The molecule has 0 aliphatic carbocycles. The first-order valence-electron chi connectivity index (χ1n) is 18.2. The van der Waals surface area contributed by atoms with Crippen LogP contribution in [0.25, 0.3) is 16.7 Å². The first-order chi connectivity index (χ1) is 24.5. The molecule has 3 heterocycles. The van der Waals surface area contributed by atoms with Crippen LogP contribution in [-0.4, -0.2) is 36.2 Å². The summed E-state index contributed by atoms with van der Waals surface area (Å²) < 4.78 is 49.5. The molecule has 0 amide bonds. The molecule has 0 saturated carbocycles. The third-order valence-electron chi connectivity index (χ3n) is 10.2. The molecule has 0 saturated heterocycles. The number of likely N-dealkylation sites (N-methyl/N-ethyl adjacent to an activating group) is 2. The number of nitrogens with zero attached hydrogens (tertiary/aromatic N) is 2. The lowest BCUT2D eigenvalue weighted by molar-refractivity contribution is -2.00. The Hall–Kier alpha value is -3.99. The van der Waals surface area contributed by atoms with Crippen LogP contribution >= 0.6 is 0 Å². The summed E-state index contributed by atoms with van der Waals surface area (Å²) in [4.78, 5) is 16.4. The fourth-order valence-electron chi connectivity index (χ4n) is 8.51. The number of esters is 1. The Morgan fingerprint density at radius 1 is 0.887 bits per heavy atom. The van der Waals surface area contributed by atoms with E-state index >= 15 is 0 Å². The highest BCUT2D eigenvalue weighted by Crippen LogP contribution is 2.46. The smallest absolute Gasteiger partial charge is 0.339 e. The van der Waals surface area contributed by atoms with Crippen LogP contribution in [0.2, 0.25) is 0 Å². The molecule has 0 bridgehead atoms. The number of anilines is 1. The standard InChI is InChI=1S/C43H53N2O3.ClHO4/c1-13-44-35-21-37-33(19-31(35)26(3)23-42(44,9)10)39(29-17-15-16-18-30(29)40(46)47-28(5)25-41(6,7)8)34-20-32-27(4)24-43(11,12)45(14-2)36(32)22-38(34)48-37;2-1(3,4)5/h15-24,28H,13-14,25H2,1-12H3;(H,2,3,4,5)/q+1;/p-1. The molecule has 3 aromatic rings. The van der Waals surface area contributed by atoms with Crippen molar-refractivity contribution in [2.75, 3.05) is 18.0 Å². The van der Waals surface area contributed by atoms with Gasteiger partial charge in [0.15, 0.2) is 5.54 Å². The summed E-state index contributed by atoms with van der Waals surface area (Å²) in [6.07, 6.45) is 5.28. The fourth-order valence-corrected chi connectivity index (χ4v) is 8.51. The van der Waals surface area contributed by atoms with Crippen molar-refractivity contribution in [1.82, 2.24) is 4.58 Å². The van der Waals surface area contributed by atoms with Gasteiger partial charge in [0.1, 0.15) is 18.0 Å². The van der Waals surface area contributed by atoms with E-state index in [0.717, 1.165) is 52.9 Å². The van der Waals surface area contributed by atoms with E-state index in [1.54, 1.807) is 0 Å². The van der Waals surface area contributed by atoms with Gasteiger partial charge in [0.25, 0.3) is 0 Å². The van der Waals surface area contributed by atoms with Gasteiger partial charge in [-0.05, 0) is 101 Å². The number of rotatable bonds is 6. The Balaban J connectivity index is 0.00000101. The zero-order chi connectivity index (χ0) is 39.4. The Morgan fingerprint density at radius 2 is 1.51 bits per heavy atom. The number of benzene rings is 3. The van der Waals surface area contributed by atoms with Gasteiger partial charge in [-0.3, -0.25) is 0 Å². The van der Waals surface area contributed by atoms with Gasteiger partial charge in [-0.2, -0.15) is 0 Å². The van der Waals surface area contributed by atoms with Crippen LogP contribution in [0.1, 0.15) is 122 Å². The van der Waals surface area contributed by atoms with Crippen molar-refractivity contribution in [2.45, 2.75) is 107 Å². The number of halogens is 1. The maximum atomic E-state index is 14.0. The molecule has 0 spiro atoms. The molecule has 9 nitrogen and oxygen atoms in total. The second kappa shape index (κ2) is 14.3. The van der Waals surface area contributed by atoms with Gasteiger partial charge in [0, 0.05) is 59.6 Å². The maximum Gasteiger partial charge on any atom is 0.339 e. The molecule has 3 aromatic carbocycles. The molecule has 53 heavy (non-hydrogen) atoms. The minimum Gasteiger partial charge on any atom is -0.459 e. The van der Waals surface area contributed by atoms with E-state index in [9.17, 15) is 4.79 Å². The van der Waals surface area contributed by atoms with Gasteiger partial charge >= 0.3 is 5.97 Å². The molecule has 0 fully saturated rings. The van der Waals surface area contributed by atoms with Crippen LogP contribution in [0.15, 0.2) is 60.7 Å². The van der Waals surface area contributed by atoms with Crippen LogP contribution in [-0.2, 0) is 4.74 Å². The van der Waals surface area contributed by atoms with Gasteiger partial charge in [0.05, 0.1) is 23.3 Å². The van der Waals surface area contributed by atoms with E-state index in [2.05, 4.69) is 128 Å². The van der Waals surface area contributed by atoms with E-state index < -0.39 is 10.2 Å². The molecule has 0 radical (unpaired) electrons. The second-order valence-electron chi connectivity index (χ2n) is 16.6. The van der Waals surface area contributed by atoms with Crippen molar-refractivity contribution in [3.05, 3.63) is 99.1 Å². The summed E-state index contributed by atoms with van der Waals surface area (Å²) in [5, 5.41) is 2.15. The van der Waals surface area contributed by atoms with E-state index in [1.807, 2.05) is 25.1 Å². The minimum absolute atomic E-state index is 0.0450. The predicted molar refractivity (Wildman–Crippen MR) is 199 cm³/mol. The van der Waals surface area contributed by atoms with Crippen molar-refractivity contribution in [1.29, 1.82) is 0 Å². The Kier molecular flexibility index (Phi) is 10.9. The number of allylic oxidation sites excluding steroid dienone is 2. The second-order valence-corrected chi connectivity index (χ2v) is 17.3. The van der Waals surface area contributed by atoms with Gasteiger partial charge in [-0.15, -0.1) is 10.2 Å². The number of carbonyl (C=O) groups is 1. The average Bonchev–Trinajstić information content (AvgIpc) is 3.00. The van der Waals surface area contributed by atoms with Gasteiger partial charge < -0.3 is 14.4 Å². The van der Waals surface area contributed by atoms with Crippen molar-refractivity contribution in [2.24, 2.45) is 5.41 Å². The Labute approximate surface area is 315 Å². The highest BCUT2D eigenvalue weighted by atomic mass is 35.7. The zero-order valence-electron chi connectivity index (χ0n) is 33.1. The average molecular weight is 745 g/mol. The van der Waals surface area contributed by atoms with E-state index in [-0.39, 0.29) is 28.6 Å². The molecule has 0 aromatic heterocycles. The van der Waals surface area contributed by atoms with Crippen molar-refractivity contribution < 1.29 is 43.1 Å². The van der Waals surface area contributed by atoms with E-state index in [0.29, 0.717) is 5.56 Å². The highest BCUT2D eigenvalue weighted by Gasteiger charge is 2.36. The molecular formula is C43H53ClN2O7. The maximum absolute atomic E-state index is 14.0. The predicted octanol–water partition coefficient (Wildman–Crippen LogP) is 3.99. The topological polar surface area (TPSA) is 134 Å². The third kappa shape index (κ3) is 8.40. The van der Waals surface area contributed by atoms with E-state index in [4.69, 9.17) is 28.1 Å². The molecule has 0 N–H and O–H groups in total. The van der Waals surface area contributed by atoms with Crippen LogP contribution in [0.5, 0.6) is 11.5 Å². The summed E-state index contributed by atoms with van der Waals surface area (Å²) >= 11 is 0. The molecule has 10 heteroatoms. The first kappa shape index (κ1) is 40.2. The lowest BCUT2D eigenvalue weighted by Gasteiger charge is -2.43. The minimum atomic E-state index is -4.94. The summed E-state index contributed by atoms with van der Waals surface area (Å²) in [6, 6.07) is 16.9. The number of hydrogen-bond donors (Lipinski definition) is 0. The molecule has 6 rings (SSSR count). The molecule has 284 valence electrons. The number of ether oxygens (including phenoxy) is 2. The van der Waals surface area contributed by atoms with E-state index in [1.165, 1.54) is 33.3 Å². The van der Waals surface area contributed by atoms with Gasteiger partial charge in [0.2, 0.25) is 5.36 Å². The first-order valence-corrected chi connectivity index (χ1v) is 19.5. The third-order valence-corrected chi connectivity index (χ3v) is 10.2. The summed E-state index contributed by atoms with van der Waals surface area (Å²) in [5.74, 6) is 1.30. The lowest BCUT2D eigenvalue weighted by atomic mass is 9.83. The summed E-state index contributed by atoms with van der Waals surface area (Å²) in [6.45, 7) is 28.1. The Bertz CT molecular complexity index is 2130. The molecular weight excluding hydrogens is 692 g/mol. The monoisotopic (exact) mass is 744 g/mol. The highest BCUT2D eigenvalue weighted by molar-refractivity contribution is 6.00. The largest absolute Gasteiger partial charge is 0.459 e. The normalized spacial score (nSPS) is 17.5. The van der Waals surface area contributed by atoms with Crippen LogP contribution in [0.4, 0.5) is 5.69 Å². The number of hydrogen-bond acceptors (Lipinski definition) is 8. The Morgan fingerprint density at radius 3 is 2.11 bits per heavy atom. The van der Waals surface area contributed by atoms with Crippen molar-refractivity contribution in [3.63, 3.8) is 0 Å². The fraction of sp³-hybridized carbons (Fsp3) is 0.442. The zero-order valence-corrected chi connectivity index (χ0v) is 33.9. The summed E-state index contributed by atoms with van der Waals surface area (Å²) in [7, 11) is -4.94. The van der Waals surface area contributed by atoms with Crippen LogP contribution in [0.3, 0.4) is 0 Å². The van der Waals surface area contributed by atoms with Crippen LogP contribution in [0, 0.1) is 15.7 Å². The quantitative estimate of drug-likeness (QED) is 0.214. The lowest BCUT2D eigenvalue weighted by Crippen LogP contribution is -2.68. The molecule has 3 aliphatic heterocycles. The number of fused-ring (bicyclic) bond motifs is 4. The molecule has 1 atom stereocenters. The van der Waals surface area contributed by atoms with Crippen molar-refractivity contribution in [3.8, 4) is 11.5 Å². The van der Waals surface area contributed by atoms with Gasteiger partial charge in [-0.1, -0.05) is 45.0 Å². The SMILES string of the molecule is CCN1c2cc3c(cc2C(C)=CC1(C)C)C(c1ccccc1C(=O)OC(C)CC(C)(C)C)=c1cc2c(cc1O3)=[N+](CC)C(C)(C)C=C2C.[O-][Cl+3]([O-])([O-])[O-]. The molecule has 1 unspecified atom stereocenters. The van der Waals surface area contributed by atoms with Crippen LogP contribution < -0.4 is 43.4 Å². The number of carbonyl (C=O) groups excluding carboxylic acids is 1. The van der Waals surface area contributed by atoms with Gasteiger partial charge in [-0.25, -0.2) is 28.0 Å². The summed E-state index contributed by atoms with van der Waals surface area (Å²) in [5.41, 5.74) is 9.20. The molecule has 3 aliphatic rings.